The smallest absolute Gasteiger partial charge is 0.231 e. The Labute approximate surface area is 135 Å². The van der Waals surface area contributed by atoms with Crippen LogP contribution < -0.4 is 10.2 Å². The van der Waals surface area contributed by atoms with Crippen LogP contribution in [0.1, 0.15) is 5.56 Å². The van der Waals surface area contributed by atoms with Crippen molar-refractivity contribution in [1.29, 1.82) is 0 Å². The van der Waals surface area contributed by atoms with Crippen LogP contribution in [0.15, 0.2) is 47.5 Å². The summed E-state index contributed by atoms with van der Waals surface area (Å²) >= 11 is 0. The van der Waals surface area contributed by atoms with Crippen molar-refractivity contribution in [2.75, 3.05) is 29.6 Å². The Balaban J connectivity index is 1.71. The number of hydrogen-bond acceptors (Lipinski definition) is 5. The second-order valence-corrected chi connectivity index (χ2v) is 7.38. The van der Waals surface area contributed by atoms with Crippen molar-refractivity contribution in [3.63, 3.8) is 0 Å². The quantitative estimate of drug-likeness (QED) is 0.898. The van der Waals surface area contributed by atoms with Gasteiger partial charge >= 0.3 is 0 Å². The van der Waals surface area contributed by atoms with E-state index in [4.69, 9.17) is 0 Å². The molecule has 0 spiro atoms. The number of para-hydroxylation sites is 1. The number of carbonyl (C=O) groups is 1. The van der Waals surface area contributed by atoms with Gasteiger partial charge in [-0.05, 0) is 23.8 Å². The lowest BCUT2D eigenvalue weighted by Crippen LogP contribution is -2.32. The van der Waals surface area contributed by atoms with Crippen molar-refractivity contribution in [3.8, 4) is 0 Å². The summed E-state index contributed by atoms with van der Waals surface area (Å²) in [6, 6.07) is 10.8. The SMILES string of the molecule is CS(=O)(=O)c1cccnc1NCCN1C(=O)Cc2ccccc21. The van der Waals surface area contributed by atoms with E-state index < -0.39 is 9.84 Å². The number of carbonyl (C=O) groups excluding carboxylic acids is 1. The minimum absolute atomic E-state index is 0.0531. The summed E-state index contributed by atoms with van der Waals surface area (Å²) in [4.78, 5) is 18.0. The molecule has 2 aromatic rings. The Morgan fingerprint density at radius 3 is 2.78 bits per heavy atom. The molecule has 1 amide bonds. The lowest BCUT2D eigenvalue weighted by molar-refractivity contribution is -0.117. The number of anilines is 2. The minimum atomic E-state index is -3.35. The number of pyridine rings is 1. The van der Waals surface area contributed by atoms with Gasteiger partial charge in [-0.3, -0.25) is 4.79 Å². The summed E-state index contributed by atoms with van der Waals surface area (Å²) in [6.07, 6.45) is 3.09. The Morgan fingerprint density at radius 2 is 2.00 bits per heavy atom. The zero-order valence-electron chi connectivity index (χ0n) is 12.7. The fourth-order valence-corrected chi connectivity index (χ4v) is 3.47. The summed E-state index contributed by atoms with van der Waals surface area (Å²) in [7, 11) is -3.35. The highest BCUT2D eigenvalue weighted by Crippen LogP contribution is 2.28. The third-order valence-corrected chi connectivity index (χ3v) is 4.85. The van der Waals surface area contributed by atoms with Crippen LogP contribution in [-0.2, 0) is 21.1 Å². The molecule has 1 aliphatic heterocycles. The van der Waals surface area contributed by atoms with Crippen LogP contribution in [0.3, 0.4) is 0 Å². The number of aromatic nitrogens is 1. The first-order chi connectivity index (χ1) is 11.0. The molecule has 3 rings (SSSR count). The van der Waals surface area contributed by atoms with Gasteiger partial charge in [0.15, 0.2) is 9.84 Å². The highest BCUT2D eigenvalue weighted by Gasteiger charge is 2.26. The van der Waals surface area contributed by atoms with Gasteiger partial charge in [0.1, 0.15) is 10.7 Å². The number of sulfone groups is 1. The van der Waals surface area contributed by atoms with Crippen molar-refractivity contribution in [1.82, 2.24) is 4.98 Å². The summed E-state index contributed by atoms with van der Waals surface area (Å²) < 4.78 is 23.5. The van der Waals surface area contributed by atoms with E-state index in [0.29, 0.717) is 25.3 Å². The van der Waals surface area contributed by atoms with E-state index in [1.54, 1.807) is 11.0 Å². The summed E-state index contributed by atoms with van der Waals surface area (Å²) in [5.74, 6) is 0.368. The van der Waals surface area contributed by atoms with Gasteiger partial charge in [0, 0.05) is 31.2 Å². The molecular weight excluding hydrogens is 314 g/mol. The van der Waals surface area contributed by atoms with Crippen LogP contribution in [-0.4, -0.2) is 38.7 Å². The lowest BCUT2D eigenvalue weighted by Gasteiger charge is -2.18. The lowest BCUT2D eigenvalue weighted by atomic mass is 10.2. The van der Waals surface area contributed by atoms with Gasteiger partial charge in [-0.25, -0.2) is 13.4 Å². The average Bonchev–Trinajstić information content (AvgIpc) is 2.83. The Hall–Kier alpha value is -2.41. The molecule has 0 unspecified atom stereocenters. The number of benzene rings is 1. The van der Waals surface area contributed by atoms with Gasteiger partial charge in [-0.15, -0.1) is 0 Å². The zero-order valence-corrected chi connectivity index (χ0v) is 13.5. The summed E-state index contributed by atoms with van der Waals surface area (Å²) in [6.45, 7) is 0.870. The van der Waals surface area contributed by atoms with Crippen LogP contribution in [0.5, 0.6) is 0 Å². The van der Waals surface area contributed by atoms with E-state index >= 15 is 0 Å². The van der Waals surface area contributed by atoms with Crippen molar-refractivity contribution in [2.45, 2.75) is 11.3 Å². The van der Waals surface area contributed by atoms with E-state index in [1.807, 2.05) is 24.3 Å². The van der Waals surface area contributed by atoms with Crippen LogP contribution >= 0.6 is 0 Å². The molecule has 7 heteroatoms. The second-order valence-electron chi connectivity index (χ2n) is 5.40. The first-order valence-electron chi connectivity index (χ1n) is 7.24. The average molecular weight is 331 g/mol. The molecule has 0 atom stereocenters. The van der Waals surface area contributed by atoms with E-state index in [1.165, 1.54) is 12.3 Å². The molecule has 0 radical (unpaired) electrons. The van der Waals surface area contributed by atoms with Crippen molar-refractivity contribution in [3.05, 3.63) is 48.2 Å². The molecule has 1 aromatic carbocycles. The fraction of sp³-hybridized carbons (Fsp3) is 0.250. The molecule has 0 aliphatic carbocycles. The van der Waals surface area contributed by atoms with Gasteiger partial charge in [0.2, 0.25) is 5.91 Å². The van der Waals surface area contributed by atoms with Crippen molar-refractivity contribution >= 4 is 27.2 Å². The molecule has 0 saturated carbocycles. The van der Waals surface area contributed by atoms with Crippen molar-refractivity contribution < 1.29 is 13.2 Å². The van der Waals surface area contributed by atoms with Crippen LogP contribution in [0, 0.1) is 0 Å². The number of amides is 1. The maximum atomic E-state index is 12.1. The standard InChI is InChI=1S/C16H17N3O3S/c1-23(21,22)14-7-4-8-17-16(14)18-9-10-19-13-6-3-2-5-12(13)11-15(19)20/h2-8H,9-11H2,1H3,(H,17,18). The second kappa shape index (κ2) is 6.00. The Kier molecular flexibility index (Phi) is 4.04. The molecule has 0 saturated heterocycles. The monoisotopic (exact) mass is 331 g/mol. The third kappa shape index (κ3) is 3.19. The summed E-state index contributed by atoms with van der Waals surface area (Å²) in [5, 5.41) is 3.01. The molecule has 0 bridgehead atoms. The van der Waals surface area contributed by atoms with E-state index in [0.717, 1.165) is 17.5 Å². The van der Waals surface area contributed by atoms with Crippen LogP contribution in [0.25, 0.3) is 0 Å². The highest BCUT2D eigenvalue weighted by atomic mass is 32.2. The number of nitrogens with zero attached hydrogens (tertiary/aromatic N) is 2. The maximum absolute atomic E-state index is 12.1. The molecular formula is C16H17N3O3S. The van der Waals surface area contributed by atoms with Gasteiger partial charge in [0.25, 0.3) is 0 Å². The van der Waals surface area contributed by atoms with Gasteiger partial charge < -0.3 is 10.2 Å². The van der Waals surface area contributed by atoms with Crippen LogP contribution in [0.4, 0.5) is 11.5 Å². The molecule has 1 aromatic heterocycles. The maximum Gasteiger partial charge on any atom is 0.231 e. The van der Waals surface area contributed by atoms with E-state index in [-0.39, 0.29) is 10.8 Å². The largest absolute Gasteiger partial charge is 0.367 e. The zero-order chi connectivity index (χ0) is 16.4. The van der Waals surface area contributed by atoms with E-state index in [9.17, 15) is 13.2 Å². The minimum Gasteiger partial charge on any atom is -0.367 e. The Morgan fingerprint density at radius 1 is 1.22 bits per heavy atom. The Bertz CT molecular complexity index is 849. The molecule has 6 nitrogen and oxygen atoms in total. The summed E-state index contributed by atoms with van der Waals surface area (Å²) in [5.41, 5.74) is 1.94. The molecule has 23 heavy (non-hydrogen) atoms. The number of hydrogen-bond donors (Lipinski definition) is 1. The molecule has 120 valence electrons. The van der Waals surface area contributed by atoms with Gasteiger partial charge in [-0.2, -0.15) is 0 Å². The van der Waals surface area contributed by atoms with Crippen LogP contribution in [0.2, 0.25) is 0 Å². The fourth-order valence-electron chi connectivity index (χ4n) is 2.67. The molecule has 1 aliphatic rings. The third-order valence-electron chi connectivity index (χ3n) is 3.72. The predicted molar refractivity (Wildman–Crippen MR) is 88.3 cm³/mol. The van der Waals surface area contributed by atoms with E-state index in [2.05, 4.69) is 10.3 Å². The molecule has 0 fully saturated rings. The number of fused-ring (bicyclic) bond motifs is 1. The first-order valence-corrected chi connectivity index (χ1v) is 9.13. The first kappa shape index (κ1) is 15.5. The number of nitrogens with one attached hydrogen (secondary N) is 1. The van der Waals surface area contributed by atoms with Gasteiger partial charge in [0.05, 0.1) is 6.42 Å². The normalized spacial score (nSPS) is 14.0. The number of rotatable bonds is 5. The highest BCUT2D eigenvalue weighted by molar-refractivity contribution is 7.90. The molecule has 1 N–H and O–H groups in total. The molecule has 2 heterocycles. The van der Waals surface area contributed by atoms with Crippen molar-refractivity contribution in [2.24, 2.45) is 0 Å². The topological polar surface area (TPSA) is 79.4 Å². The predicted octanol–water partition coefficient (Wildman–Crippen LogP) is 1.49. The van der Waals surface area contributed by atoms with Gasteiger partial charge in [-0.1, -0.05) is 18.2 Å².